The van der Waals surface area contributed by atoms with E-state index in [1.54, 1.807) is 7.11 Å². The summed E-state index contributed by atoms with van der Waals surface area (Å²) < 4.78 is 11.0. The molecule has 2 rings (SSSR count). The molecule has 0 saturated heterocycles. The van der Waals surface area contributed by atoms with Crippen LogP contribution in [-0.2, 0) is 14.3 Å². The van der Waals surface area contributed by atoms with Crippen molar-refractivity contribution in [1.82, 2.24) is 0 Å². The van der Waals surface area contributed by atoms with E-state index in [2.05, 4.69) is 19.6 Å². The Labute approximate surface area is 115 Å². The number of carbonyl (C=O) groups excluding carboxylic acids is 1. The third-order valence-corrected chi connectivity index (χ3v) is 4.06. The van der Waals surface area contributed by atoms with Gasteiger partial charge in [0.15, 0.2) is 0 Å². The lowest BCUT2D eigenvalue weighted by Gasteiger charge is -2.22. The van der Waals surface area contributed by atoms with Crippen LogP contribution in [0.1, 0.15) is 33.1 Å². The fraction of sp³-hybridized carbons (Fsp3) is 0.562. The first kappa shape index (κ1) is 14.1. The van der Waals surface area contributed by atoms with Crippen LogP contribution in [0.2, 0.25) is 0 Å². The highest BCUT2D eigenvalue weighted by Gasteiger charge is 2.32. The van der Waals surface area contributed by atoms with Crippen molar-refractivity contribution in [2.45, 2.75) is 45.3 Å². The summed E-state index contributed by atoms with van der Waals surface area (Å²) in [6.45, 7) is 8.11. The maximum Gasteiger partial charge on any atom is 0.334 e. The van der Waals surface area contributed by atoms with Crippen molar-refractivity contribution < 1.29 is 14.3 Å². The average molecular weight is 262 g/mol. The molecule has 2 aliphatic rings. The molecule has 0 saturated carbocycles. The molecule has 2 bridgehead atoms. The highest BCUT2D eigenvalue weighted by atomic mass is 16.5. The second-order valence-corrected chi connectivity index (χ2v) is 5.46. The first-order chi connectivity index (χ1) is 9.02. The van der Waals surface area contributed by atoms with Crippen LogP contribution in [-0.4, -0.2) is 25.3 Å². The summed E-state index contributed by atoms with van der Waals surface area (Å²) in [5.41, 5.74) is 3.06. The van der Waals surface area contributed by atoms with Gasteiger partial charge < -0.3 is 9.47 Å². The number of esters is 1. The van der Waals surface area contributed by atoms with Crippen LogP contribution < -0.4 is 0 Å². The van der Waals surface area contributed by atoms with Gasteiger partial charge >= 0.3 is 5.97 Å². The van der Waals surface area contributed by atoms with E-state index in [0.29, 0.717) is 6.42 Å². The van der Waals surface area contributed by atoms with Gasteiger partial charge in [0.2, 0.25) is 0 Å². The molecule has 0 aromatic rings. The van der Waals surface area contributed by atoms with Crippen LogP contribution in [0.5, 0.6) is 0 Å². The van der Waals surface area contributed by atoms with Crippen molar-refractivity contribution in [1.29, 1.82) is 0 Å². The molecule has 1 aliphatic carbocycles. The summed E-state index contributed by atoms with van der Waals surface area (Å²) in [5, 5.41) is 0. The van der Waals surface area contributed by atoms with Gasteiger partial charge in [0.05, 0.1) is 6.10 Å². The molecule has 104 valence electrons. The van der Waals surface area contributed by atoms with E-state index in [0.717, 1.165) is 24.0 Å². The predicted octanol–water partition coefficient (Wildman–Crippen LogP) is 3.18. The zero-order chi connectivity index (χ0) is 14.0. The van der Waals surface area contributed by atoms with Crippen molar-refractivity contribution in [3.63, 3.8) is 0 Å². The Hall–Kier alpha value is -1.35. The first-order valence-corrected chi connectivity index (χ1v) is 6.79. The normalized spacial score (nSPS) is 34.1. The quantitative estimate of drug-likeness (QED) is 0.566. The summed E-state index contributed by atoms with van der Waals surface area (Å²) in [6, 6.07) is 0. The SMILES string of the molecule is C=C(C)[C@@H]1C/C=C(\C)[C@H](OC)CCC2=C[C@@H]1OC2=O. The monoisotopic (exact) mass is 262 g/mol. The Bertz CT molecular complexity index is 445. The standard InChI is InChI=1S/C16H22O3/c1-10(2)13-7-5-11(3)14(18-4)8-6-12-9-15(13)19-16(12)17/h5,9,13-15H,1,6-8H2,2-4H3/b11-5+/t13-,14+,15-/m0/s1. The lowest BCUT2D eigenvalue weighted by atomic mass is 9.88. The Morgan fingerprint density at radius 1 is 1.53 bits per heavy atom. The predicted molar refractivity (Wildman–Crippen MR) is 74.7 cm³/mol. The van der Waals surface area contributed by atoms with Gasteiger partial charge in [0.25, 0.3) is 0 Å². The summed E-state index contributed by atoms with van der Waals surface area (Å²) in [4.78, 5) is 11.9. The maximum atomic E-state index is 11.9. The third-order valence-electron chi connectivity index (χ3n) is 4.06. The fourth-order valence-corrected chi connectivity index (χ4v) is 2.76. The van der Waals surface area contributed by atoms with E-state index in [1.165, 1.54) is 5.57 Å². The van der Waals surface area contributed by atoms with Gasteiger partial charge in [-0.05, 0) is 44.8 Å². The van der Waals surface area contributed by atoms with E-state index in [1.807, 2.05) is 13.0 Å². The molecule has 1 aliphatic heterocycles. The molecule has 0 N–H and O–H groups in total. The minimum absolute atomic E-state index is 0.0802. The number of methoxy groups -OCH3 is 1. The first-order valence-electron chi connectivity index (χ1n) is 6.79. The maximum absolute atomic E-state index is 11.9. The topological polar surface area (TPSA) is 35.5 Å². The lowest BCUT2D eigenvalue weighted by Crippen LogP contribution is -2.21. The molecule has 3 heteroatoms. The van der Waals surface area contributed by atoms with Crippen molar-refractivity contribution in [3.8, 4) is 0 Å². The Morgan fingerprint density at radius 3 is 2.89 bits per heavy atom. The molecule has 1 heterocycles. The highest BCUT2D eigenvalue weighted by molar-refractivity contribution is 5.91. The van der Waals surface area contributed by atoms with E-state index < -0.39 is 0 Å². The van der Waals surface area contributed by atoms with Crippen molar-refractivity contribution in [3.05, 3.63) is 35.5 Å². The zero-order valence-electron chi connectivity index (χ0n) is 11.9. The van der Waals surface area contributed by atoms with Crippen molar-refractivity contribution in [2.24, 2.45) is 5.92 Å². The van der Waals surface area contributed by atoms with Crippen LogP contribution in [0.15, 0.2) is 35.5 Å². The summed E-state index contributed by atoms with van der Waals surface area (Å²) in [7, 11) is 1.72. The Kier molecular flexibility index (Phi) is 4.25. The largest absolute Gasteiger partial charge is 0.454 e. The molecule has 0 radical (unpaired) electrons. The molecule has 0 amide bonds. The summed E-state index contributed by atoms with van der Waals surface area (Å²) in [6.07, 6.45) is 6.47. The van der Waals surface area contributed by atoms with Crippen molar-refractivity contribution >= 4 is 5.97 Å². The fourth-order valence-electron chi connectivity index (χ4n) is 2.76. The molecule has 0 unspecified atom stereocenters. The zero-order valence-corrected chi connectivity index (χ0v) is 11.9. The van der Waals surface area contributed by atoms with Crippen molar-refractivity contribution in [2.75, 3.05) is 7.11 Å². The molecule has 0 fully saturated rings. The third kappa shape index (κ3) is 2.98. The van der Waals surface area contributed by atoms with E-state index in [9.17, 15) is 4.79 Å². The van der Waals surface area contributed by atoms with Gasteiger partial charge in [0.1, 0.15) is 6.10 Å². The molecule has 19 heavy (non-hydrogen) atoms. The van der Waals surface area contributed by atoms with Gasteiger partial charge in [-0.15, -0.1) is 0 Å². The molecule has 0 aromatic heterocycles. The van der Waals surface area contributed by atoms with E-state index >= 15 is 0 Å². The van der Waals surface area contributed by atoms with Crippen LogP contribution >= 0.6 is 0 Å². The number of allylic oxidation sites excluding steroid dienone is 1. The highest BCUT2D eigenvalue weighted by Crippen LogP contribution is 2.32. The van der Waals surface area contributed by atoms with Crippen LogP contribution in [0.4, 0.5) is 0 Å². The molecule has 3 nitrogen and oxygen atoms in total. The van der Waals surface area contributed by atoms with Gasteiger partial charge in [-0.2, -0.15) is 0 Å². The smallest absolute Gasteiger partial charge is 0.334 e. The second kappa shape index (κ2) is 5.74. The molecular weight excluding hydrogens is 240 g/mol. The lowest BCUT2D eigenvalue weighted by molar-refractivity contribution is -0.141. The number of ether oxygens (including phenoxy) is 2. The molecule has 0 spiro atoms. The number of hydrogen-bond donors (Lipinski definition) is 0. The Morgan fingerprint density at radius 2 is 2.26 bits per heavy atom. The van der Waals surface area contributed by atoms with E-state index in [4.69, 9.17) is 9.47 Å². The Balaban J connectivity index is 2.29. The second-order valence-electron chi connectivity index (χ2n) is 5.46. The van der Waals surface area contributed by atoms with Crippen LogP contribution in [0.3, 0.4) is 0 Å². The number of rotatable bonds is 2. The van der Waals surface area contributed by atoms with Gasteiger partial charge in [-0.1, -0.05) is 18.2 Å². The molecule has 0 aromatic carbocycles. The van der Waals surface area contributed by atoms with Gasteiger partial charge in [-0.25, -0.2) is 4.79 Å². The number of fused-ring (bicyclic) bond motifs is 1. The number of carbonyl (C=O) groups is 1. The minimum Gasteiger partial charge on any atom is -0.454 e. The minimum atomic E-state index is -0.175. The van der Waals surface area contributed by atoms with E-state index in [-0.39, 0.29) is 24.1 Å². The average Bonchev–Trinajstić information content (AvgIpc) is 2.70. The molecular formula is C16H22O3. The van der Waals surface area contributed by atoms with Crippen LogP contribution in [0, 0.1) is 5.92 Å². The summed E-state index contributed by atoms with van der Waals surface area (Å²) in [5.74, 6) is -0.0161. The molecule has 3 atom stereocenters. The number of hydrogen-bond acceptors (Lipinski definition) is 3. The van der Waals surface area contributed by atoms with Crippen LogP contribution in [0.25, 0.3) is 0 Å². The van der Waals surface area contributed by atoms with Gasteiger partial charge in [0, 0.05) is 18.6 Å². The summed E-state index contributed by atoms with van der Waals surface area (Å²) >= 11 is 0. The van der Waals surface area contributed by atoms with Gasteiger partial charge in [-0.3, -0.25) is 0 Å².